The first kappa shape index (κ1) is 18.2. The van der Waals surface area contributed by atoms with E-state index in [4.69, 9.17) is 21.1 Å². The number of rotatable bonds is 8. The fourth-order valence-corrected chi connectivity index (χ4v) is 0.884. The molecule has 1 atom stereocenters. The van der Waals surface area contributed by atoms with Gasteiger partial charge in [0.05, 0.1) is 6.42 Å². The van der Waals surface area contributed by atoms with Gasteiger partial charge in [-0.2, -0.15) is 0 Å². The van der Waals surface area contributed by atoms with Gasteiger partial charge in [-0.25, -0.2) is 0 Å². The van der Waals surface area contributed by atoms with E-state index in [2.05, 4.69) is 5.32 Å². The van der Waals surface area contributed by atoms with Crippen molar-refractivity contribution in [1.29, 1.82) is 0 Å². The van der Waals surface area contributed by atoms with Gasteiger partial charge in [-0.1, -0.05) is 6.92 Å². The van der Waals surface area contributed by atoms with Crippen LogP contribution in [0.25, 0.3) is 0 Å². The van der Waals surface area contributed by atoms with Crippen LogP contribution in [0.5, 0.6) is 0 Å². The fraction of sp³-hybridized carbons (Fsp3) is 0.800. The molecule has 0 bridgehead atoms. The lowest BCUT2D eigenvalue weighted by molar-refractivity contribution is -0.140. The van der Waals surface area contributed by atoms with Crippen molar-refractivity contribution < 1.29 is 24.9 Å². The summed E-state index contributed by atoms with van der Waals surface area (Å²) in [6, 6.07) is -0.597. The molecule has 0 aromatic heterocycles. The Morgan fingerprint density at radius 2 is 1.94 bits per heavy atom. The topological polar surface area (TPSA) is 133 Å². The Hall–Kier alpha value is -1.18. The molecule has 7 nitrogen and oxygen atoms in total. The van der Waals surface area contributed by atoms with Gasteiger partial charge in [-0.3, -0.25) is 9.59 Å². The van der Waals surface area contributed by atoms with E-state index in [1.165, 1.54) is 0 Å². The summed E-state index contributed by atoms with van der Waals surface area (Å²) in [6.07, 6.45) is 1.24. The van der Waals surface area contributed by atoms with Crippen LogP contribution in [0.3, 0.4) is 0 Å². The van der Waals surface area contributed by atoms with Crippen molar-refractivity contribution in [3.05, 3.63) is 0 Å². The third-order valence-corrected chi connectivity index (χ3v) is 1.71. The molecule has 102 valence electrons. The van der Waals surface area contributed by atoms with Crippen molar-refractivity contribution in [3.8, 4) is 0 Å². The average Bonchev–Trinajstić information content (AvgIpc) is 2.24. The van der Waals surface area contributed by atoms with E-state index in [0.717, 1.165) is 6.42 Å². The molecule has 0 aliphatic heterocycles. The van der Waals surface area contributed by atoms with E-state index in [9.17, 15) is 9.59 Å². The van der Waals surface area contributed by atoms with Crippen LogP contribution in [0, 0.1) is 0 Å². The van der Waals surface area contributed by atoms with Gasteiger partial charge in [0.15, 0.2) is 0 Å². The van der Waals surface area contributed by atoms with Crippen LogP contribution in [0.4, 0.5) is 0 Å². The Morgan fingerprint density at radius 3 is 2.18 bits per heavy atom. The molecule has 0 spiro atoms. The normalized spacial score (nSPS) is 11.2. The van der Waals surface area contributed by atoms with Gasteiger partial charge in [-0.15, -0.1) is 0 Å². The van der Waals surface area contributed by atoms with E-state index < -0.39 is 18.0 Å². The number of hydrogen-bond acceptors (Lipinski definition) is 5. The van der Waals surface area contributed by atoms with Crippen molar-refractivity contribution >= 4 is 11.9 Å². The molecule has 0 fully saturated rings. The molecule has 6 N–H and O–H groups in total. The van der Waals surface area contributed by atoms with Crippen LogP contribution in [0.1, 0.15) is 26.2 Å². The summed E-state index contributed by atoms with van der Waals surface area (Å²) in [7, 11) is 0. The van der Waals surface area contributed by atoms with Crippen molar-refractivity contribution in [2.45, 2.75) is 32.2 Å². The lowest BCUT2D eigenvalue weighted by Gasteiger charge is -2.11. The molecular weight excluding hydrogens is 228 g/mol. The van der Waals surface area contributed by atoms with Gasteiger partial charge in [0.25, 0.3) is 0 Å². The minimum atomic E-state index is -0.896. The maximum Gasteiger partial charge on any atom is 0.320 e. The summed E-state index contributed by atoms with van der Waals surface area (Å²) in [6.45, 7) is 2.78. The molecular formula is C10H22N2O5. The van der Waals surface area contributed by atoms with Crippen LogP contribution in [0.2, 0.25) is 0 Å². The number of carboxylic acid groups (broad SMARTS) is 2. The van der Waals surface area contributed by atoms with E-state index in [-0.39, 0.29) is 26.0 Å². The number of nitrogens with one attached hydrogen (secondary N) is 1. The fourth-order valence-electron chi connectivity index (χ4n) is 0.884. The second-order valence-electron chi connectivity index (χ2n) is 3.29. The van der Waals surface area contributed by atoms with E-state index in [0.29, 0.717) is 6.54 Å². The zero-order valence-electron chi connectivity index (χ0n) is 10.1. The Balaban J connectivity index is 0. The highest BCUT2D eigenvalue weighted by Crippen LogP contribution is 1.90. The van der Waals surface area contributed by atoms with Gasteiger partial charge in [0.1, 0.15) is 6.04 Å². The van der Waals surface area contributed by atoms with Gasteiger partial charge in [-0.05, 0) is 19.4 Å². The first-order valence-electron chi connectivity index (χ1n) is 5.48. The molecule has 17 heavy (non-hydrogen) atoms. The first-order chi connectivity index (χ1) is 7.99. The van der Waals surface area contributed by atoms with Gasteiger partial charge < -0.3 is 26.4 Å². The molecule has 0 amide bonds. The van der Waals surface area contributed by atoms with Crippen molar-refractivity contribution in [2.75, 3.05) is 19.7 Å². The van der Waals surface area contributed by atoms with Crippen LogP contribution in [-0.4, -0.2) is 53.0 Å². The third kappa shape index (κ3) is 14.8. The molecule has 0 aliphatic carbocycles. The third-order valence-electron chi connectivity index (χ3n) is 1.71. The Morgan fingerprint density at radius 1 is 1.35 bits per heavy atom. The molecule has 0 aliphatic rings. The lowest BCUT2D eigenvalue weighted by Crippen LogP contribution is -2.37. The van der Waals surface area contributed by atoms with Crippen LogP contribution in [-0.2, 0) is 9.59 Å². The summed E-state index contributed by atoms with van der Waals surface area (Å²) in [5.74, 6) is -1.73. The summed E-state index contributed by atoms with van der Waals surface area (Å²) in [5, 5.41) is 27.7. The lowest BCUT2D eigenvalue weighted by atomic mass is 10.2. The second kappa shape index (κ2) is 12.9. The standard InChI is InChI=1S/C7H15NO3.C3H7NO2/c1-2-4-8-6(3-5-9)7(10)11;4-2-1-3(5)6/h6,8-9H,2-5H2,1H3,(H,10,11);1-2,4H2,(H,5,6). The Kier molecular flexibility index (Phi) is 13.8. The van der Waals surface area contributed by atoms with Gasteiger partial charge in [0, 0.05) is 13.2 Å². The van der Waals surface area contributed by atoms with Crippen LogP contribution in [0.15, 0.2) is 0 Å². The smallest absolute Gasteiger partial charge is 0.320 e. The Labute approximate surface area is 101 Å². The summed E-state index contributed by atoms with van der Waals surface area (Å²) in [4.78, 5) is 19.9. The molecule has 7 heteroatoms. The van der Waals surface area contributed by atoms with E-state index in [1.54, 1.807) is 0 Å². The largest absolute Gasteiger partial charge is 0.481 e. The van der Waals surface area contributed by atoms with Crippen molar-refractivity contribution in [2.24, 2.45) is 5.73 Å². The zero-order valence-corrected chi connectivity index (χ0v) is 10.1. The maximum atomic E-state index is 10.4. The highest BCUT2D eigenvalue weighted by molar-refractivity contribution is 5.73. The minimum absolute atomic E-state index is 0.0694. The predicted molar refractivity (Wildman–Crippen MR) is 62.7 cm³/mol. The number of carboxylic acids is 2. The second-order valence-corrected chi connectivity index (χ2v) is 3.29. The quantitative estimate of drug-likeness (QED) is 0.382. The molecule has 1 unspecified atom stereocenters. The number of aliphatic carboxylic acids is 2. The molecule has 0 saturated heterocycles. The summed E-state index contributed by atoms with van der Waals surface area (Å²) < 4.78 is 0. The number of hydrogen-bond donors (Lipinski definition) is 5. The molecule has 0 saturated carbocycles. The number of aliphatic hydroxyl groups excluding tert-OH is 1. The average molecular weight is 250 g/mol. The number of nitrogens with two attached hydrogens (primary N) is 1. The first-order valence-corrected chi connectivity index (χ1v) is 5.48. The Bertz CT molecular complexity index is 211. The molecule has 0 rings (SSSR count). The maximum absolute atomic E-state index is 10.4. The van der Waals surface area contributed by atoms with Crippen molar-refractivity contribution in [3.63, 3.8) is 0 Å². The number of aliphatic hydroxyl groups is 1. The monoisotopic (exact) mass is 250 g/mol. The summed E-state index contributed by atoms with van der Waals surface area (Å²) in [5.41, 5.74) is 4.85. The minimum Gasteiger partial charge on any atom is -0.481 e. The molecule has 0 radical (unpaired) electrons. The molecule has 0 aromatic carbocycles. The zero-order chi connectivity index (χ0) is 13.7. The van der Waals surface area contributed by atoms with Gasteiger partial charge in [0.2, 0.25) is 0 Å². The molecule has 0 heterocycles. The van der Waals surface area contributed by atoms with Crippen LogP contribution < -0.4 is 11.1 Å². The number of carbonyl (C=O) groups is 2. The highest BCUT2D eigenvalue weighted by atomic mass is 16.4. The SMILES string of the molecule is CCCNC(CCO)C(=O)O.NCCC(=O)O. The van der Waals surface area contributed by atoms with E-state index in [1.807, 2.05) is 6.92 Å². The summed E-state index contributed by atoms with van der Waals surface area (Å²) >= 11 is 0. The molecule has 0 aromatic rings. The van der Waals surface area contributed by atoms with E-state index >= 15 is 0 Å². The highest BCUT2D eigenvalue weighted by Gasteiger charge is 2.14. The predicted octanol–water partition coefficient (Wildman–Crippen LogP) is -0.759. The van der Waals surface area contributed by atoms with Crippen LogP contribution >= 0.6 is 0 Å². The van der Waals surface area contributed by atoms with Gasteiger partial charge >= 0.3 is 11.9 Å². The van der Waals surface area contributed by atoms with Crippen molar-refractivity contribution in [1.82, 2.24) is 5.32 Å².